The first-order chi connectivity index (χ1) is 18.3. The predicted octanol–water partition coefficient (Wildman–Crippen LogP) is 6.22. The number of unbranched alkanes of at least 4 members (excludes halogenated alkanes) is 1. The highest BCUT2D eigenvalue weighted by Crippen LogP contribution is 2.33. The molecule has 0 amide bonds. The lowest BCUT2D eigenvalue weighted by Crippen LogP contribution is -2.24. The van der Waals surface area contributed by atoms with E-state index in [-0.39, 0.29) is 0 Å². The van der Waals surface area contributed by atoms with Gasteiger partial charge in [-0.1, -0.05) is 61.9 Å². The Bertz CT molecular complexity index is 1310. The molecule has 6 heteroatoms. The lowest BCUT2D eigenvalue weighted by molar-refractivity contribution is 0.174. The maximum atomic E-state index is 5.74. The van der Waals surface area contributed by atoms with Gasteiger partial charge in [-0.2, -0.15) is 0 Å². The largest absolute Gasteiger partial charge is 0.493 e. The van der Waals surface area contributed by atoms with Gasteiger partial charge in [-0.25, -0.2) is 4.98 Å². The standard InChI is InChI=1S/C31H33N3O3/c1-2-3-14-34-27(18-32-31(34)25-7-5-4-6-8-25)21-33(19-23-9-11-28-26(16-23)13-15-35-28)20-24-10-12-29-30(17-24)37-22-36-29/h4-12,16-18H,2-3,13-15,19-22H2,1H3. The Morgan fingerprint density at radius 1 is 0.838 bits per heavy atom. The molecular weight excluding hydrogens is 462 g/mol. The molecule has 2 aliphatic rings. The summed E-state index contributed by atoms with van der Waals surface area (Å²) < 4.78 is 19.3. The van der Waals surface area contributed by atoms with Crippen LogP contribution in [0.5, 0.6) is 17.2 Å². The van der Waals surface area contributed by atoms with Gasteiger partial charge in [0, 0.05) is 38.2 Å². The lowest BCUT2D eigenvalue weighted by atomic mass is 10.1. The second kappa shape index (κ2) is 10.7. The van der Waals surface area contributed by atoms with Crippen molar-refractivity contribution in [2.75, 3.05) is 13.4 Å². The van der Waals surface area contributed by atoms with Crippen LogP contribution < -0.4 is 14.2 Å². The van der Waals surface area contributed by atoms with Crippen molar-refractivity contribution in [3.8, 4) is 28.6 Å². The highest BCUT2D eigenvalue weighted by molar-refractivity contribution is 5.56. The molecule has 0 N–H and O–H groups in total. The Labute approximate surface area is 218 Å². The molecule has 0 fully saturated rings. The summed E-state index contributed by atoms with van der Waals surface area (Å²) in [6.07, 6.45) is 5.30. The van der Waals surface area contributed by atoms with E-state index in [1.807, 2.05) is 6.07 Å². The summed E-state index contributed by atoms with van der Waals surface area (Å²) in [6.45, 7) is 6.69. The number of aromatic nitrogens is 2. The normalized spacial score (nSPS) is 13.7. The minimum atomic E-state index is 0.290. The van der Waals surface area contributed by atoms with E-state index in [1.54, 1.807) is 0 Å². The van der Waals surface area contributed by atoms with Crippen LogP contribution in [0.4, 0.5) is 0 Å². The minimum Gasteiger partial charge on any atom is -0.493 e. The highest BCUT2D eigenvalue weighted by atomic mass is 16.7. The molecule has 0 spiro atoms. The zero-order valence-electron chi connectivity index (χ0n) is 21.4. The maximum absolute atomic E-state index is 5.74. The molecule has 4 aromatic rings. The monoisotopic (exact) mass is 495 g/mol. The Balaban J connectivity index is 1.30. The van der Waals surface area contributed by atoms with E-state index >= 15 is 0 Å². The number of nitrogens with zero attached hydrogens (tertiary/aromatic N) is 3. The number of fused-ring (bicyclic) bond motifs is 2. The minimum absolute atomic E-state index is 0.290. The third-order valence-corrected chi connectivity index (χ3v) is 7.09. The topological polar surface area (TPSA) is 48.8 Å². The smallest absolute Gasteiger partial charge is 0.231 e. The van der Waals surface area contributed by atoms with Crippen molar-refractivity contribution in [3.63, 3.8) is 0 Å². The fraction of sp³-hybridized carbons (Fsp3) is 0.323. The lowest BCUT2D eigenvalue weighted by Gasteiger charge is -2.24. The van der Waals surface area contributed by atoms with E-state index in [0.29, 0.717) is 6.79 Å². The van der Waals surface area contributed by atoms with Crippen molar-refractivity contribution in [2.45, 2.75) is 52.4 Å². The van der Waals surface area contributed by atoms with Crippen LogP contribution in [0, 0.1) is 0 Å². The van der Waals surface area contributed by atoms with Gasteiger partial charge < -0.3 is 18.8 Å². The summed E-state index contributed by atoms with van der Waals surface area (Å²) in [5.74, 6) is 3.71. The van der Waals surface area contributed by atoms with Gasteiger partial charge in [0.2, 0.25) is 6.79 Å². The summed E-state index contributed by atoms with van der Waals surface area (Å²) in [4.78, 5) is 7.37. The zero-order valence-corrected chi connectivity index (χ0v) is 21.4. The molecule has 0 atom stereocenters. The van der Waals surface area contributed by atoms with Gasteiger partial charge in [-0.3, -0.25) is 4.90 Å². The molecular formula is C31H33N3O3. The van der Waals surface area contributed by atoms with Crippen molar-refractivity contribution in [1.82, 2.24) is 14.5 Å². The summed E-state index contributed by atoms with van der Waals surface area (Å²) in [6, 6.07) is 23.4. The molecule has 2 aliphatic heterocycles. The first-order valence-electron chi connectivity index (χ1n) is 13.2. The van der Waals surface area contributed by atoms with Crippen LogP contribution in [0.25, 0.3) is 11.4 Å². The average molecular weight is 496 g/mol. The van der Waals surface area contributed by atoms with Gasteiger partial charge in [0.25, 0.3) is 0 Å². The average Bonchev–Trinajstić information content (AvgIpc) is 3.67. The molecule has 6 nitrogen and oxygen atoms in total. The molecule has 0 aliphatic carbocycles. The molecule has 3 heterocycles. The van der Waals surface area contributed by atoms with Gasteiger partial charge >= 0.3 is 0 Å². The zero-order chi connectivity index (χ0) is 25.0. The molecule has 190 valence electrons. The second-order valence-electron chi connectivity index (χ2n) is 9.82. The number of benzene rings is 3. The van der Waals surface area contributed by atoms with E-state index in [9.17, 15) is 0 Å². The van der Waals surface area contributed by atoms with Crippen molar-refractivity contribution in [1.29, 1.82) is 0 Å². The number of hydrogen-bond donors (Lipinski definition) is 0. The van der Waals surface area contributed by atoms with E-state index < -0.39 is 0 Å². The molecule has 37 heavy (non-hydrogen) atoms. The van der Waals surface area contributed by atoms with Gasteiger partial charge in [0.1, 0.15) is 11.6 Å². The van der Waals surface area contributed by atoms with Crippen LogP contribution in [0.2, 0.25) is 0 Å². The first-order valence-corrected chi connectivity index (χ1v) is 13.2. The number of hydrogen-bond acceptors (Lipinski definition) is 5. The SMILES string of the molecule is CCCCn1c(CN(Cc2ccc3c(c2)CCO3)Cc2ccc3c(c2)OCO3)cnc1-c1ccccc1. The molecule has 3 aromatic carbocycles. The van der Waals surface area contributed by atoms with Gasteiger partial charge in [-0.05, 0) is 41.3 Å². The number of ether oxygens (including phenoxy) is 3. The fourth-order valence-corrected chi connectivity index (χ4v) is 5.21. The third kappa shape index (κ3) is 5.20. The van der Waals surface area contributed by atoms with E-state index in [4.69, 9.17) is 19.2 Å². The van der Waals surface area contributed by atoms with E-state index in [0.717, 1.165) is 80.7 Å². The Morgan fingerprint density at radius 2 is 1.62 bits per heavy atom. The van der Waals surface area contributed by atoms with Crippen molar-refractivity contribution in [2.24, 2.45) is 0 Å². The molecule has 1 aromatic heterocycles. The molecule has 0 unspecified atom stereocenters. The second-order valence-corrected chi connectivity index (χ2v) is 9.82. The quantitative estimate of drug-likeness (QED) is 0.262. The summed E-state index contributed by atoms with van der Waals surface area (Å²) >= 11 is 0. The molecule has 6 rings (SSSR count). The first kappa shape index (κ1) is 23.6. The van der Waals surface area contributed by atoms with Gasteiger partial charge in [-0.15, -0.1) is 0 Å². The van der Waals surface area contributed by atoms with Crippen LogP contribution in [-0.4, -0.2) is 27.9 Å². The molecule has 0 radical (unpaired) electrons. The molecule has 0 bridgehead atoms. The van der Waals surface area contributed by atoms with Crippen LogP contribution in [0.15, 0.2) is 72.9 Å². The van der Waals surface area contributed by atoms with Crippen molar-refractivity contribution >= 4 is 0 Å². The Morgan fingerprint density at radius 3 is 2.46 bits per heavy atom. The van der Waals surface area contributed by atoms with Crippen molar-refractivity contribution < 1.29 is 14.2 Å². The van der Waals surface area contributed by atoms with Crippen molar-refractivity contribution in [3.05, 3.63) is 95.3 Å². The summed E-state index contributed by atoms with van der Waals surface area (Å²) in [5.41, 5.74) is 6.20. The summed E-state index contributed by atoms with van der Waals surface area (Å²) in [7, 11) is 0. The van der Waals surface area contributed by atoms with Crippen LogP contribution in [0.3, 0.4) is 0 Å². The molecule has 0 saturated carbocycles. The van der Waals surface area contributed by atoms with Crippen LogP contribution in [0.1, 0.15) is 42.1 Å². The fourth-order valence-electron chi connectivity index (χ4n) is 5.21. The van der Waals surface area contributed by atoms with E-state index in [1.165, 1.54) is 22.4 Å². The number of imidazole rings is 1. The maximum Gasteiger partial charge on any atom is 0.231 e. The van der Waals surface area contributed by atoms with E-state index in [2.05, 4.69) is 83.3 Å². The Kier molecular flexibility index (Phi) is 6.82. The Hall–Kier alpha value is -3.77. The predicted molar refractivity (Wildman–Crippen MR) is 144 cm³/mol. The molecule has 0 saturated heterocycles. The van der Waals surface area contributed by atoms with Crippen LogP contribution >= 0.6 is 0 Å². The van der Waals surface area contributed by atoms with Gasteiger partial charge in [0.15, 0.2) is 11.5 Å². The highest BCUT2D eigenvalue weighted by Gasteiger charge is 2.19. The number of rotatable bonds is 10. The van der Waals surface area contributed by atoms with Crippen LogP contribution in [-0.2, 0) is 32.6 Å². The summed E-state index contributed by atoms with van der Waals surface area (Å²) in [5, 5.41) is 0. The van der Waals surface area contributed by atoms with Gasteiger partial charge in [0.05, 0.1) is 18.5 Å². The third-order valence-electron chi connectivity index (χ3n) is 7.09.